The predicted octanol–water partition coefficient (Wildman–Crippen LogP) is 22.2. The number of ether oxygens (including phenoxy) is 1. The van der Waals surface area contributed by atoms with E-state index >= 15 is 79.0 Å². The molecule has 1 aromatic carbocycles. The Morgan fingerprint density at radius 1 is 0.252 bits per heavy atom. The molecule has 0 fully saturated rings. The van der Waals surface area contributed by atoms with Gasteiger partial charge in [-0.25, -0.2) is 9.59 Å². The standard InChI is InChI=1S/C46H23F63N2O3Si/c47-17(48,20(53,54)23(59,60)26(65,66)29(71,72)32(77,78)35(83,84)38(89,90)41(95,96)44(101,102)103)5-10-115(14-3-1-13(2-4-14)15(112)114-9-8-111-16(110)113,11-6-18(49,50)21(55,56)24(61,62)27(67,68)30(73,74)33(79,80)36(85,86)39(91,92)42(97,98)45(104,105)106)12-7-19(51,52)22(57,58)25(63,64)28(69,70)31(75,76)34(81,82)37(87,88)40(93,94)43(99,100)46(107,108)109/h1-4H,5-12H2,(H3,110,111,113). The number of carbonyl (C=O) groups excluding carboxylic acids is 2. The zero-order valence-electron chi connectivity index (χ0n) is 51.6. The first-order valence-electron chi connectivity index (χ1n) is 26.9. The minimum absolute atomic E-state index is 0.713. The molecule has 0 heterocycles. The first-order valence-corrected chi connectivity index (χ1v) is 29.5. The summed E-state index contributed by atoms with van der Waals surface area (Å²) in [4.78, 5) is 23.4. The molecule has 3 N–H and O–H groups in total. The van der Waals surface area contributed by atoms with Crippen molar-refractivity contribution in [2.45, 2.75) is 216 Å². The zero-order valence-corrected chi connectivity index (χ0v) is 52.6. The number of nitrogens with one attached hydrogen (secondary N) is 1. The molecule has 0 aliphatic carbocycles. The Morgan fingerprint density at radius 2 is 0.409 bits per heavy atom. The molecule has 0 saturated heterocycles. The normalized spacial score (nSPS) is 16.5. The number of benzene rings is 1. The number of hydrogen-bond acceptors (Lipinski definition) is 3. The lowest BCUT2D eigenvalue weighted by molar-refractivity contribution is -0.474. The van der Waals surface area contributed by atoms with Gasteiger partial charge in [-0.1, -0.05) is 17.3 Å². The van der Waals surface area contributed by atoms with E-state index in [1.807, 2.05) is 0 Å². The lowest BCUT2D eigenvalue weighted by Gasteiger charge is -2.45. The van der Waals surface area contributed by atoms with Crippen LogP contribution in [0, 0.1) is 0 Å². The summed E-state index contributed by atoms with van der Waals surface area (Å²) >= 11 is 0. The Balaban J connectivity index is 5.12. The number of rotatable bonds is 38. The summed E-state index contributed by atoms with van der Waals surface area (Å²) in [6.45, 7) is -2.62. The Bertz CT molecular complexity index is 3270. The highest BCUT2D eigenvalue weighted by Crippen LogP contribution is 2.72. The van der Waals surface area contributed by atoms with Gasteiger partial charge in [0.05, 0.1) is 20.2 Å². The van der Waals surface area contributed by atoms with Crippen LogP contribution in [0.1, 0.15) is 29.6 Å². The number of hydrogen-bond donors (Lipinski definition) is 2. The fourth-order valence-electron chi connectivity index (χ4n) is 8.60. The number of urea groups is 1. The van der Waals surface area contributed by atoms with E-state index in [-0.39, 0.29) is 0 Å². The molecule has 5 nitrogen and oxygen atoms in total. The van der Waals surface area contributed by atoms with Crippen LogP contribution < -0.4 is 16.2 Å². The molecule has 0 radical (unpaired) electrons. The van der Waals surface area contributed by atoms with Gasteiger partial charge in [0.25, 0.3) is 0 Å². The molecule has 0 saturated carbocycles. The van der Waals surface area contributed by atoms with Crippen LogP contribution >= 0.6 is 0 Å². The summed E-state index contributed by atoms with van der Waals surface area (Å²) in [7, 11) is -8.38. The monoisotopic (exact) mass is 1880 g/mol. The summed E-state index contributed by atoms with van der Waals surface area (Å²) in [5.41, 5.74) is 2.74. The van der Waals surface area contributed by atoms with E-state index in [2.05, 4.69) is 10.5 Å². The van der Waals surface area contributed by atoms with E-state index < -0.39 is 284 Å². The maximum Gasteiger partial charge on any atom is 0.460 e. The van der Waals surface area contributed by atoms with Crippen molar-refractivity contribution in [3.8, 4) is 0 Å². The van der Waals surface area contributed by atoms with Gasteiger partial charge in [-0.3, -0.25) is 0 Å². The minimum Gasteiger partial charge on any atom is -0.460 e. The molecule has 0 bridgehead atoms. The lowest BCUT2D eigenvalue weighted by Crippen LogP contribution is -2.77. The van der Waals surface area contributed by atoms with Crippen LogP contribution in [0.4, 0.5) is 281 Å². The number of alkyl halides is 63. The molecule has 69 heteroatoms. The molecular weight excluding hydrogens is 1850 g/mol. The van der Waals surface area contributed by atoms with Gasteiger partial charge >= 0.3 is 190 Å². The SMILES string of the molecule is NC(=O)NCCOC(=O)c1ccc([Si](CCC(F)(F)C(F)(F)C(F)(F)C(F)(F)C(F)(F)C(F)(F)C(F)(F)C(F)(F)C(F)(F)C(F)(F)F)(CCC(F)(F)C(F)(F)C(F)(F)C(F)(F)C(F)(F)C(F)(F)C(F)(F)C(F)(F)C(F)(F)C(F)(F)F)CCC(F)(F)C(F)(F)C(F)(F)C(F)(F)C(F)(F)C(F)(F)C(F)(F)C(F)(F)C(F)(F)C(F)(F)F)cc1. The molecule has 1 rings (SSSR count). The van der Waals surface area contributed by atoms with Gasteiger partial charge < -0.3 is 15.8 Å². The van der Waals surface area contributed by atoms with Gasteiger partial charge in [0.2, 0.25) is 0 Å². The van der Waals surface area contributed by atoms with Gasteiger partial charge in [0.15, 0.2) is 0 Å². The number of esters is 1. The molecule has 680 valence electrons. The predicted molar refractivity (Wildman–Crippen MR) is 240 cm³/mol. The van der Waals surface area contributed by atoms with E-state index in [9.17, 15) is 207 Å². The number of halogens is 63. The summed E-state index contributed by atoms with van der Waals surface area (Å²) < 4.78 is 906. The molecule has 0 aliphatic heterocycles. The topological polar surface area (TPSA) is 81.4 Å². The molecule has 0 unspecified atom stereocenters. The van der Waals surface area contributed by atoms with Crippen LogP contribution in [0.25, 0.3) is 0 Å². The molecule has 1 aromatic rings. The second-order valence-electron chi connectivity index (χ2n) is 23.2. The smallest absolute Gasteiger partial charge is 0.460 e. The summed E-state index contributed by atoms with van der Waals surface area (Å²) in [6.07, 6.45) is -41.2. The minimum atomic E-state index is -10.3. The van der Waals surface area contributed by atoms with Crippen LogP contribution in [-0.4, -0.2) is 212 Å². The van der Waals surface area contributed by atoms with Crippen molar-refractivity contribution in [3.63, 3.8) is 0 Å². The fourth-order valence-corrected chi connectivity index (χ4v) is 13.5. The molecule has 115 heavy (non-hydrogen) atoms. The molecule has 0 spiro atoms. The van der Waals surface area contributed by atoms with Crippen molar-refractivity contribution in [1.82, 2.24) is 5.32 Å². The Morgan fingerprint density at radius 3 is 0.565 bits per heavy atom. The van der Waals surface area contributed by atoms with Crippen molar-refractivity contribution >= 4 is 25.3 Å². The second-order valence-corrected chi connectivity index (χ2v) is 27.8. The summed E-state index contributed by atoms with van der Waals surface area (Å²) in [6, 6.07) is -18.1. The number of primary amides is 1. The average Bonchev–Trinajstić information content (AvgIpc) is 0.693. The van der Waals surface area contributed by atoms with Gasteiger partial charge in [-0.05, 0) is 30.3 Å². The van der Waals surface area contributed by atoms with Crippen LogP contribution in [0.2, 0.25) is 18.1 Å². The fraction of sp³-hybridized carbons (Fsp3) is 0.826. The first-order chi connectivity index (χ1) is 49.2. The molecule has 2 amide bonds. The third-order valence-electron chi connectivity index (χ3n) is 15.8. The maximum atomic E-state index is 15.8. The zero-order chi connectivity index (χ0) is 93.7. The van der Waals surface area contributed by atoms with Crippen LogP contribution in [0.3, 0.4) is 0 Å². The Hall–Kier alpha value is -6.23. The quantitative estimate of drug-likeness (QED) is 0.0300. The largest absolute Gasteiger partial charge is 0.460 e. The highest BCUT2D eigenvalue weighted by atomic mass is 28.3. The van der Waals surface area contributed by atoms with Gasteiger partial charge in [-0.2, -0.15) is 277 Å². The number of carbonyl (C=O) groups is 2. The Kier molecular flexibility index (Phi) is 26.9. The number of amides is 2. The van der Waals surface area contributed by atoms with E-state index in [0.29, 0.717) is 0 Å². The average molecular weight is 1880 g/mol. The summed E-state index contributed by atoms with van der Waals surface area (Å²) in [5.74, 6) is -267. The third kappa shape index (κ3) is 14.9. The van der Waals surface area contributed by atoms with Crippen molar-refractivity contribution in [2.24, 2.45) is 5.73 Å². The molecular formula is C46H23F63N2O3Si. The summed E-state index contributed by atoms with van der Waals surface area (Å²) in [5, 5.41) is -1.40. The van der Waals surface area contributed by atoms with Gasteiger partial charge in [0, 0.05) is 19.3 Å². The maximum absolute atomic E-state index is 15.8. The third-order valence-corrected chi connectivity index (χ3v) is 21.0. The van der Waals surface area contributed by atoms with E-state index in [4.69, 9.17) is 0 Å². The lowest BCUT2D eigenvalue weighted by atomic mass is 9.86. The van der Waals surface area contributed by atoms with Crippen LogP contribution in [-0.2, 0) is 4.74 Å². The number of nitrogens with two attached hydrogens (primary N) is 1. The van der Waals surface area contributed by atoms with E-state index in [0.717, 1.165) is 0 Å². The van der Waals surface area contributed by atoms with E-state index in [1.54, 1.807) is 0 Å². The van der Waals surface area contributed by atoms with Crippen molar-refractivity contribution in [1.29, 1.82) is 0 Å². The first kappa shape index (κ1) is 107. The van der Waals surface area contributed by atoms with Gasteiger partial charge in [-0.15, -0.1) is 0 Å². The van der Waals surface area contributed by atoms with Crippen molar-refractivity contribution < 1.29 is 291 Å². The highest BCUT2D eigenvalue weighted by Gasteiger charge is 3.02. The van der Waals surface area contributed by atoms with Crippen LogP contribution in [0.5, 0.6) is 0 Å². The molecule has 0 aliphatic rings. The molecule has 0 atom stereocenters. The van der Waals surface area contributed by atoms with Gasteiger partial charge in [0.1, 0.15) is 6.61 Å². The Labute approximate surface area is 586 Å². The van der Waals surface area contributed by atoms with Crippen LogP contribution in [0.15, 0.2) is 24.3 Å². The second kappa shape index (κ2) is 29.0. The van der Waals surface area contributed by atoms with Crippen molar-refractivity contribution in [3.05, 3.63) is 29.8 Å². The van der Waals surface area contributed by atoms with E-state index in [1.165, 1.54) is 5.32 Å². The highest BCUT2D eigenvalue weighted by molar-refractivity contribution is 6.92. The van der Waals surface area contributed by atoms with Crippen molar-refractivity contribution in [2.75, 3.05) is 13.2 Å². The molecule has 0 aromatic heterocycles.